The first-order chi connectivity index (χ1) is 10.1. The van der Waals surface area contributed by atoms with Crippen LogP contribution in [0, 0.1) is 5.82 Å². The van der Waals surface area contributed by atoms with E-state index < -0.39 is 5.91 Å². The van der Waals surface area contributed by atoms with Gasteiger partial charge in [-0.1, -0.05) is 0 Å². The zero-order valence-corrected chi connectivity index (χ0v) is 11.9. The van der Waals surface area contributed by atoms with E-state index in [4.69, 9.17) is 4.42 Å². The molecule has 1 aromatic carbocycles. The SMILES string of the molecule is Cn1ccsc1=NC(=O)c1ccc(-c2ccc(F)cc2)o1. The maximum Gasteiger partial charge on any atom is 0.315 e. The Hall–Kier alpha value is -2.47. The van der Waals surface area contributed by atoms with Crippen LogP contribution in [-0.2, 0) is 7.05 Å². The minimum Gasteiger partial charge on any atom is -0.451 e. The maximum absolute atomic E-state index is 12.9. The summed E-state index contributed by atoms with van der Waals surface area (Å²) in [6.45, 7) is 0. The number of furan rings is 1. The fourth-order valence-electron chi connectivity index (χ4n) is 1.80. The molecule has 2 heterocycles. The van der Waals surface area contributed by atoms with Gasteiger partial charge in [0, 0.05) is 24.2 Å². The number of carbonyl (C=O) groups excluding carboxylic acids is 1. The largest absolute Gasteiger partial charge is 0.451 e. The van der Waals surface area contributed by atoms with E-state index in [1.807, 2.05) is 18.6 Å². The minimum absolute atomic E-state index is 0.155. The van der Waals surface area contributed by atoms with E-state index in [0.29, 0.717) is 16.1 Å². The number of aromatic nitrogens is 1. The zero-order valence-electron chi connectivity index (χ0n) is 11.1. The van der Waals surface area contributed by atoms with E-state index in [0.717, 1.165) is 0 Å². The zero-order chi connectivity index (χ0) is 14.8. The van der Waals surface area contributed by atoms with Gasteiger partial charge in [-0.3, -0.25) is 4.79 Å². The van der Waals surface area contributed by atoms with Crippen molar-refractivity contribution in [3.63, 3.8) is 0 Å². The lowest BCUT2D eigenvalue weighted by atomic mass is 10.2. The number of aryl methyl sites for hydroxylation is 1. The van der Waals surface area contributed by atoms with Crippen LogP contribution in [0.2, 0.25) is 0 Å². The van der Waals surface area contributed by atoms with Gasteiger partial charge >= 0.3 is 5.91 Å². The molecule has 0 saturated heterocycles. The third kappa shape index (κ3) is 2.85. The molecule has 3 aromatic rings. The highest BCUT2D eigenvalue weighted by atomic mass is 32.1. The lowest BCUT2D eigenvalue weighted by Gasteiger charge is -1.96. The van der Waals surface area contributed by atoms with Crippen LogP contribution in [0.4, 0.5) is 4.39 Å². The molecule has 0 fully saturated rings. The molecule has 0 bridgehead atoms. The summed E-state index contributed by atoms with van der Waals surface area (Å²) in [5.41, 5.74) is 0.706. The number of carbonyl (C=O) groups is 1. The predicted octanol–water partition coefficient (Wildman–Crippen LogP) is 3.23. The molecule has 6 heteroatoms. The van der Waals surface area contributed by atoms with E-state index >= 15 is 0 Å². The minimum atomic E-state index is -0.443. The molecule has 0 aliphatic heterocycles. The van der Waals surface area contributed by atoms with Crippen molar-refractivity contribution in [3.05, 3.63) is 64.4 Å². The highest BCUT2D eigenvalue weighted by Gasteiger charge is 2.11. The second-order valence-corrected chi connectivity index (χ2v) is 5.26. The summed E-state index contributed by atoms with van der Waals surface area (Å²) in [5, 5.41) is 1.85. The third-order valence-corrected chi connectivity index (χ3v) is 3.75. The average Bonchev–Trinajstić information content (AvgIpc) is 3.10. The Morgan fingerprint density at radius 2 is 2.00 bits per heavy atom. The van der Waals surface area contributed by atoms with Crippen molar-refractivity contribution in [2.24, 2.45) is 12.0 Å². The maximum atomic E-state index is 12.9. The van der Waals surface area contributed by atoms with Crippen LogP contribution in [0.1, 0.15) is 10.6 Å². The molecule has 0 saturated carbocycles. The fourth-order valence-corrected chi connectivity index (χ4v) is 2.53. The summed E-state index contributed by atoms with van der Waals surface area (Å²) in [7, 11) is 1.81. The molecule has 21 heavy (non-hydrogen) atoms. The average molecular weight is 302 g/mol. The molecule has 0 aliphatic carbocycles. The Labute approximate surface area is 123 Å². The van der Waals surface area contributed by atoms with Gasteiger partial charge in [-0.25, -0.2) is 4.39 Å². The standard InChI is InChI=1S/C15H11FN2O2S/c1-18-8-9-21-15(18)17-14(19)13-7-6-12(20-13)10-2-4-11(16)5-3-10/h2-9H,1H3. The van der Waals surface area contributed by atoms with Crippen molar-refractivity contribution in [1.29, 1.82) is 0 Å². The second kappa shape index (κ2) is 5.49. The number of nitrogens with zero attached hydrogens (tertiary/aromatic N) is 2. The van der Waals surface area contributed by atoms with Crippen LogP contribution >= 0.6 is 11.3 Å². The van der Waals surface area contributed by atoms with E-state index in [1.54, 1.807) is 28.8 Å². The molecule has 2 aromatic heterocycles. The van der Waals surface area contributed by atoms with Crippen molar-refractivity contribution in [3.8, 4) is 11.3 Å². The summed E-state index contributed by atoms with van der Waals surface area (Å²) >= 11 is 1.37. The quantitative estimate of drug-likeness (QED) is 0.729. The highest BCUT2D eigenvalue weighted by molar-refractivity contribution is 7.07. The van der Waals surface area contributed by atoms with Crippen LogP contribution in [0.5, 0.6) is 0 Å². The number of hydrogen-bond acceptors (Lipinski definition) is 3. The van der Waals surface area contributed by atoms with E-state index in [2.05, 4.69) is 4.99 Å². The van der Waals surface area contributed by atoms with Crippen molar-refractivity contribution in [2.75, 3.05) is 0 Å². The van der Waals surface area contributed by atoms with Crippen LogP contribution in [0.3, 0.4) is 0 Å². The Bertz CT molecular complexity index is 843. The molecule has 0 spiro atoms. The Balaban J connectivity index is 1.90. The Morgan fingerprint density at radius 1 is 1.24 bits per heavy atom. The Kier molecular flexibility index (Phi) is 3.53. The number of rotatable bonds is 2. The number of hydrogen-bond donors (Lipinski definition) is 0. The van der Waals surface area contributed by atoms with Gasteiger partial charge in [0.05, 0.1) is 0 Å². The summed E-state index contributed by atoms with van der Waals surface area (Å²) in [6.07, 6.45) is 1.82. The molecule has 106 valence electrons. The number of amides is 1. The lowest BCUT2D eigenvalue weighted by molar-refractivity contribution is 0.0972. The first kappa shape index (κ1) is 13.5. The highest BCUT2D eigenvalue weighted by Crippen LogP contribution is 2.22. The van der Waals surface area contributed by atoms with Gasteiger partial charge < -0.3 is 8.98 Å². The van der Waals surface area contributed by atoms with Crippen LogP contribution < -0.4 is 4.80 Å². The van der Waals surface area contributed by atoms with Crippen molar-refractivity contribution in [2.45, 2.75) is 0 Å². The molecule has 0 N–H and O–H groups in total. The van der Waals surface area contributed by atoms with Crippen molar-refractivity contribution >= 4 is 17.2 Å². The van der Waals surface area contributed by atoms with Gasteiger partial charge in [0.15, 0.2) is 10.6 Å². The van der Waals surface area contributed by atoms with Crippen molar-refractivity contribution in [1.82, 2.24) is 4.57 Å². The smallest absolute Gasteiger partial charge is 0.315 e. The second-order valence-electron chi connectivity index (χ2n) is 4.38. The van der Waals surface area contributed by atoms with Crippen molar-refractivity contribution < 1.29 is 13.6 Å². The van der Waals surface area contributed by atoms with Crippen LogP contribution in [0.25, 0.3) is 11.3 Å². The van der Waals surface area contributed by atoms with E-state index in [-0.39, 0.29) is 11.6 Å². The lowest BCUT2D eigenvalue weighted by Crippen LogP contribution is -2.12. The Morgan fingerprint density at radius 3 is 2.67 bits per heavy atom. The van der Waals surface area contributed by atoms with E-state index in [1.165, 1.54) is 23.5 Å². The topological polar surface area (TPSA) is 47.5 Å². The molecular formula is C15H11FN2O2S. The van der Waals surface area contributed by atoms with Gasteiger partial charge in [0.1, 0.15) is 11.6 Å². The van der Waals surface area contributed by atoms with Crippen LogP contribution in [0.15, 0.2) is 57.4 Å². The normalized spacial score (nSPS) is 11.8. The molecule has 1 amide bonds. The molecular weight excluding hydrogens is 291 g/mol. The summed E-state index contributed by atoms with van der Waals surface area (Å²) in [5.74, 6) is -0.102. The first-order valence-corrected chi connectivity index (χ1v) is 7.06. The summed E-state index contributed by atoms with van der Waals surface area (Å²) in [4.78, 5) is 16.6. The molecule has 3 rings (SSSR count). The van der Waals surface area contributed by atoms with Gasteiger partial charge in [-0.2, -0.15) is 4.99 Å². The van der Waals surface area contributed by atoms with Gasteiger partial charge in [-0.15, -0.1) is 11.3 Å². The number of benzene rings is 1. The van der Waals surface area contributed by atoms with Gasteiger partial charge in [-0.05, 0) is 36.4 Å². The molecule has 4 nitrogen and oxygen atoms in total. The number of thiazole rings is 1. The first-order valence-electron chi connectivity index (χ1n) is 6.18. The number of halogens is 1. The van der Waals surface area contributed by atoms with Gasteiger partial charge in [0.2, 0.25) is 0 Å². The van der Waals surface area contributed by atoms with Crippen LogP contribution in [-0.4, -0.2) is 10.5 Å². The molecule has 0 atom stereocenters. The summed E-state index contributed by atoms with van der Waals surface area (Å²) < 4.78 is 20.1. The third-order valence-electron chi connectivity index (χ3n) is 2.90. The monoisotopic (exact) mass is 302 g/mol. The predicted molar refractivity (Wildman–Crippen MR) is 77.3 cm³/mol. The van der Waals surface area contributed by atoms with E-state index in [9.17, 15) is 9.18 Å². The fraction of sp³-hybridized carbons (Fsp3) is 0.0667. The molecule has 0 aliphatic rings. The molecule has 0 unspecified atom stereocenters. The summed E-state index contributed by atoms with van der Waals surface area (Å²) in [6, 6.07) is 9.12. The molecule has 0 radical (unpaired) electrons. The van der Waals surface area contributed by atoms with Gasteiger partial charge in [0.25, 0.3) is 0 Å².